The van der Waals surface area contributed by atoms with Crippen LogP contribution in [0.4, 0.5) is 5.69 Å². The summed E-state index contributed by atoms with van der Waals surface area (Å²) in [5.74, 6) is -0.537. The molecule has 6 nitrogen and oxygen atoms in total. The molecule has 2 aromatic rings. The largest absolute Gasteiger partial charge is 0.465 e. The number of H-pyrrole nitrogens is 1. The zero-order valence-electron chi connectivity index (χ0n) is 17.2. The lowest BCUT2D eigenvalue weighted by molar-refractivity contribution is 0.0599. The summed E-state index contributed by atoms with van der Waals surface area (Å²) in [7, 11) is 3.16. The molecule has 3 rings (SSSR count). The second-order valence-electron chi connectivity index (χ2n) is 7.31. The molecule has 0 unspecified atom stereocenters. The monoisotopic (exact) mass is 383 g/mol. The molecule has 150 valence electrons. The molecule has 1 aromatic heterocycles. The number of amides is 1. The molecule has 0 aliphatic carbocycles. The number of para-hydroxylation sites is 1. The van der Waals surface area contributed by atoms with Crippen molar-refractivity contribution in [2.75, 3.05) is 32.1 Å². The van der Waals surface area contributed by atoms with Crippen LogP contribution in [0.5, 0.6) is 0 Å². The maximum Gasteiger partial charge on any atom is 0.339 e. The Kier molecular flexibility index (Phi) is 6.07. The Balaban J connectivity index is 1.85. The number of hydrogen-bond donors (Lipinski definition) is 1. The van der Waals surface area contributed by atoms with Gasteiger partial charge in [-0.05, 0) is 43.4 Å². The summed E-state index contributed by atoms with van der Waals surface area (Å²) < 4.78 is 4.89. The number of aromatic nitrogens is 1. The Bertz CT molecular complexity index is 866. The van der Waals surface area contributed by atoms with Gasteiger partial charge in [0.2, 0.25) is 0 Å². The molecular weight excluding hydrogens is 354 g/mol. The highest BCUT2D eigenvalue weighted by molar-refractivity contribution is 6.00. The first-order valence-corrected chi connectivity index (χ1v) is 9.86. The van der Waals surface area contributed by atoms with Crippen LogP contribution in [0.3, 0.4) is 0 Å². The topological polar surface area (TPSA) is 65.6 Å². The second-order valence-corrected chi connectivity index (χ2v) is 7.31. The number of methoxy groups -OCH3 is 1. The number of nitrogens with zero attached hydrogens (tertiary/aromatic N) is 2. The van der Waals surface area contributed by atoms with Crippen molar-refractivity contribution >= 4 is 17.6 Å². The van der Waals surface area contributed by atoms with Crippen molar-refractivity contribution in [3.05, 3.63) is 52.3 Å². The SMILES string of the molecule is CCc1[nH]c(C(=O)N(C)Cc2ccccc2N2CCCC2)c(C)c1C(=O)OC. The number of benzene rings is 1. The second kappa shape index (κ2) is 8.50. The van der Waals surface area contributed by atoms with Crippen molar-refractivity contribution in [2.24, 2.45) is 0 Å². The van der Waals surface area contributed by atoms with E-state index in [0.717, 1.165) is 24.3 Å². The Morgan fingerprint density at radius 2 is 1.89 bits per heavy atom. The minimum atomic E-state index is -0.410. The highest BCUT2D eigenvalue weighted by Crippen LogP contribution is 2.26. The fraction of sp³-hybridized carbons (Fsp3) is 0.455. The molecule has 0 bridgehead atoms. The summed E-state index contributed by atoms with van der Waals surface area (Å²) in [4.78, 5) is 32.5. The number of aromatic amines is 1. The number of aryl methyl sites for hydroxylation is 1. The minimum Gasteiger partial charge on any atom is -0.465 e. The third-order valence-corrected chi connectivity index (χ3v) is 5.48. The zero-order valence-corrected chi connectivity index (χ0v) is 17.2. The molecule has 1 saturated heterocycles. The van der Waals surface area contributed by atoms with Gasteiger partial charge in [-0.25, -0.2) is 4.79 Å². The molecule has 2 heterocycles. The van der Waals surface area contributed by atoms with Crippen molar-refractivity contribution in [1.82, 2.24) is 9.88 Å². The van der Waals surface area contributed by atoms with E-state index in [0.29, 0.717) is 29.8 Å². The van der Waals surface area contributed by atoms with Gasteiger partial charge >= 0.3 is 5.97 Å². The first-order chi connectivity index (χ1) is 13.5. The van der Waals surface area contributed by atoms with Gasteiger partial charge < -0.3 is 19.5 Å². The van der Waals surface area contributed by atoms with Crippen LogP contribution in [0.1, 0.15) is 57.4 Å². The van der Waals surface area contributed by atoms with Gasteiger partial charge in [0.05, 0.1) is 12.7 Å². The number of rotatable bonds is 6. The van der Waals surface area contributed by atoms with Crippen LogP contribution in [-0.2, 0) is 17.7 Å². The van der Waals surface area contributed by atoms with E-state index in [-0.39, 0.29) is 5.91 Å². The number of hydrogen-bond acceptors (Lipinski definition) is 4. The quantitative estimate of drug-likeness (QED) is 0.775. The van der Waals surface area contributed by atoms with Crippen LogP contribution < -0.4 is 4.90 Å². The Morgan fingerprint density at radius 3 is 2.54 bits per heavy atom. The van der Waals surface area contributed by atoms with Gasteiger partial charge in [0.25, 0.3) is 5.91 Å². The van der Waals surface area contributed by atoms with Gasteiger partial charge in [0.15, 0.2) is 0 Å². The molecule has 0 atom stereocenters. The highest BCUT2D eigenvalue weighted by Gasteiger charge is 2.26. The normalized spacial score (nSPS) is 13.6. The third-order valence-electron chi connectivity index (χ3n) is 5.48. The number of carbonyl (C=O) groups excluding carboxylic acids is 2. The van der Waals surface area contributed by atoms with Crippen molar-refractivity contribution in [3.8, 4) is 0 Å². The molecule has 6 heteroatoms. The minimum absolute atomic E-state index is 0.126. The summed E-state index contributed by atoms with van der Waals surface area (Å²) in [6.07, 6.45) is 3.04. The number of nitrogens with one attached hydrogen (secondary N) is 1. The Morgan fingerprint density at radius 1 is 1.21 bits per heavy atom. The summed E-state index contributed by atoms with van der Waals surface area (Å²) in [5.41, 5.74) is 4.64. The maximum atomic E-state index is 13.1. The summed E-state index contributed by atoms with van der Waals surface area (Å²) >= 11 is 0. The Hall–Kier alpha value is -2.76. The molecule has 28 heavy (non-hydrogen) atoms. The van der Waals surface area contributed by atoms with Gasteiger partial charge in [0.1, 0.15) is 5.69 Å². The molecule has 1 aliphatic heterocycles. The highest BCUT2D eigenvalue weighted by atomic mass is 16.5. The van der Waals surface area contributed by atoms with Gasteiger partial charge in [0, 0.05) is 38.1 Å². The van der Waals surface area contributed by atoms with E-state index in [1.807, 2.05) is 19.1 Å². The van der Waals surface area contributed by atoms with Gasteiger partial charge in [-0.1, -0.05) is 25.1 Å². The molecule has 1 N–H and O–H groups in total. The lowest BCUT2D eigenvalue weighted by Gasteiger charge is -2.24. The summed E-state index contributed by atoms with van der Waals surface area (Å²) in [6, 6.07) is 8.27. The predicted molar refractivity (Wildman–Crippen MR) is 110 cm³/mol. The van der Waals surface area contributed by atoms with E-state index in [9.17, 15) is 9.59 Å². The lowest BCUT2D eigenvalue weighted by Crippen LogP contribution is -2.28. The van der Waals surface area contributed by atoms with Crippen LogP contribution in [0.15, 0.2) is 24.3 Å². The average Bonchev–Trinajstić information content (AvgIpc) is 3.35. The fourth-order valence-electron chi connectivity index (χ4n) is 3.95. The average molecular weight is 383 g/mol. The molecule has 1 aliphatic rings. The molecule has 0 radical (unpaired) electrons. The first-order valence-electron chi connectivity index (χ1n) is 9.86. The van der Waals surface area contributed by atoms with E-state index < -0.39 is 5.97 Å². The van der Waals surface area contributed by atoms with Crippen LogP contribution in [0.2, 0.25) is 0 Å². The molecule has 1 fully saturated rings. The third kappa shape index (κ3) is 3.77. The molecule has 0 spiro atoms. The Labute approximate surface area is 166 Å². The maximum absolute atomic E-state index is 13.1. The lowest BCUT2D eigenvalue weighted by atomic mass is 10.1. The molecule has 0 saturated carbocycles. The smallest absolute Gasteiger partial charge is 0.339 e. The van der Waals surface area contributed by atoms with E-state index >= 15 is 0 Å². The van der Waals surface area contributed by atoms with E-state index in [2.05, 4.69) is 22.0 Å². The van der Waals surface area contributed by atoms with Gasteiger partial charge in [-0.2, -0.15) is 0 Å². The van der Waals surface area contributed by atoms with Crippen molar-refractivity contribution in [3.63, 3.8) is 0 Å². The standard InChI is InChI=1S/C22H29N3O3/c1-5-17-19(22(27)28-4)15(2)20(23-17)21(26)24(3)14-16-10-6-7-11-18(16)25-12-8-9-13-25/h6-7,10-11,23H,5,8-9,12-14H2,1-4H3. The predicted octanol–water partition coefficient (Wildman–Crippen LogP) is 3.54. The van der Waals surface area contributed by atoms with Crippen LogP contribution in [0.25, 0.3) is 0 Å². The van der Waals surface area contributed by atoms with Crippen molar-refractivity contribution in [1.29, 1.82) is 0 Å². The van der Waals surface area contributed by atoms with E-state index in [1.54, 1.807) is 18.9 Å². The van der Waals surface area contributed by atoms with E-state index in [4.69, 9.17) is 4.74 Å². The van der Waals surface area contributed by atoms with Crippen molar-refractivity contribution in [2.45, 2.75) is 39.7 Å². The van der Waals surface area contributed by atoms with Crippen LogP contribution in [0, 0.1) is 6.92 Å². The zero-order chi connectivity index (χ0) is 20.3. The van der Waals surface area contributed by atoms with Gasteiger partial charge in [-0.15, -0.1) is 0 Å². The number of carbonyl (C=O) groups is 2. The first kappa shape index (κ1) is 20.0. The van der Waals surface area contributed by atoms with Crippen LogP contribution in [-0.4, -0.2) is 49.0 Å². The summed E-state index contributed by atoms with van der Waals surface area (Å²) in [6.45, 7) is 6.38. The molecule has 1 aromatic carbocycles. The number of anilines is 1. The number of esters is 1. The van der Waals surface area contributed by atoms with E-state index in [1.165, 1.54) is 25.6 Å². The van der Waals surface area contributed by atoms with Crippen molar-refractivity contribution < 1.29 is 14.3 Å². The number of ether oxygens (including phenoxy) is 1. The fourth-order valence-corrected chi connectivity index (χ4v) is 3.95. The molecule has 1 amide bonds. The summed E-state index contributed by atoms with van der Waals surface area (Å²) in [5, 5.41) is 0. The van der Waals surface area contributed by atoms with Gasteiger partial charge in [-0.3, -0.25) is 4.79 Å². The van der Waals surface area contributed by atoms with Crippen LogP contribution >= 0.6 is 0 Å². The molecular formula is C22H29N3O3.